The number of para-hydroxylation sites is 1. The van der Waals surface area contributed by atoms with Crippen LogP contribution in [0.1, 0.15) is 11.1 Å². The van der Waals surface area contributed by atoms with Crippen LogP contribution in [0.25, 0.3) is 0 Å². The zero-order valence-corrected chi connectivity index (χ0v) is 11.9. The van der Waals surface area contributed by atoms with Gasteiger partial charge in [0.2, 0.25) is 0 Å². The number of rotatable bonds is 2. The molecule has 0 radical (unpaired) electrons. The van der Waals surface area contributed by atoms with Gasteiger partial charge in [0.15, 0.2) is 0 Å². The minimum absolute atomic E-state index is 0.506. The van der Waals surface area contributed by atoms with Crippen molar-refractivity contribution < 1.29 is 4.74 Å². The van der Waals surface area contributed by atoms with E-state index >= 15 is 0 Å². The van der Waals surface area contributed by atoms with Gasteiger partial charge in [-0.25, -0.2) is 0 Å². The highest BCUT2D eigenvalue weighted by Gasteiger charge is 2.17. The molecule has 0 saturated carbocycles. The van der Waals surface area contributed by atoms with Gasteiger partial charge in [0.1, 0.15) is 12.4 Å². The zero-order chi connectivity index (χ0) is 13.9. The molecule has 20 heavy (non-hydrogen) atoms. The van der Waals surface area contributed by atoms with E-state index in [0.29, 0.717) is 13.2 Å². The van der Waals surface area contributed by atoms with E-state index < -0.39 is 0 Å². The Morgan fingerprint density at radius 2 is 2.05 bits per heavy atom. The van der Waals surface area contributed by atoms with Crippen LogP contribution in [0.3, 0.4) is 0 Å². The smallest absolute Gasteiger partial charge is 0.124 e. The largest absolute Gasteiger partial charge is 0.491 e. The van der Waals surface area contributed by atoms with Crippen molar-refractivity contribution >= 4 is 17.3 Å². The molecule has 104 valence electrons. The molecular formula is C16H17ClN2O. The van der Waals surface area contributed by atoms with E-state index in [1.165, 1.54) is 5.56 Å². The van der Waals surface area contributed by atoms with Crippen molar-refractivity contribution in [2.45, 2.75) is 13.1 Å². The summed E-state index contributed by atoms with van der Waals surface area (Å²) in [6, 6.07) is 14.1. The Balaban J connectivity index is 1.91. The highest BCUT2D eigenvalue weighted by atomic mass is 35.5. The number of fused-ring (bicyclic) bond motifs is 1. The fourth-order valence-electron chi connectivity index (χ4n) is 2.47. The quantitative estimate of drug-likeness (QED) is 0.922. The van der Waals surface area contributed by atoms with Crippen LogP contribution >= 0.6 is 11.6 Å². The third-order valence-electron chi connectivity index (χ3n) is 3.54. The minimum atomic E-state index is 0.506. The lowest BCUT2D eigenvalue weighted by Crippen LogP contribution is -2.25. The molecule has 0 spiro atoms. The molecule has 4 heteroatoms. The first-order chi connectivity index (χ1) is 9.78. The van der Waals surface area contributed by atoms with E-state index in [9.17, 15) is 0 Å². The number of hydrogen-bond donors (Lipinski definition) is 1. The standard InChI is InChI=1S/C16H17ClN2O/c17-14-9-12(10-18)5-6-15(14)19-7-8-20-16-4-2-1-3-13(16)11-19/h1-6,9H,7-8,10-11,18H2. The van der Waals surface area contributed by atoms with Crippen LogP contribution in [-0.2, 0) is 13.1 Å². The van der Waals surface area contributed by atoms with Crippen LogP contribution in [0.4, 0.5) is 5.69 Å². The maximum Gasteiger partial charge on any atom is 0.124 e. The van der Waals surface area contributed by atoms with Crippen molar-refractivity contribution in [1.29, 1.82) is 0 Å². The maximum absolute atomic E-state index is 6.38. The van der Waals surface area contributed by atoms with Crippen molar-refractivity contribution in [2.24, 2.45) is 5.73 Å². The van der Waals surface area contributed by atoms with E-state index in [0.717, 1.165) is 35.1 Å². The average molecular weight is 289 g/mol. The van der Waals surface area contributed by atoms with Crippen LogP contribution < -0.4 is 15.4 Å². The van der Waals surface area contributed by atoms with Crippen LogP contribution in [-0.4, -0.2) is 13.2 Å². The van der Waals surface area contributed by atoms with Gasteiger partial charge in [-0.1, -0.05) is 35.9 Å². The highest BCUT2D eigenvalue weighted by molar-refractivity contribution is 6.33. The number of anilines is 1. The van der Waals surface area contributed by atoms with Gasteiger partial charge >= 0.3 is 0 Å². The number of nitrogens with two attached hydrogens (primary N) is 1. The summed E-state index contributed by atoms with van der Waals surface area (Å²) in [7, 11) is 0. The van der Waals surface area contributed by atoms with Crippen molar-refractivity contribution in [3.8, 4) is 5.75 Å². The number of hydrogen-bond acceptors (Lipinski definition) is 3. The number of benzene rings is 2. The molecule has 0 amide bonds. The van der Waals surface area contributed by atoms with Crippen molar-refractivity contribution in [1.82, 2.24) is 0 Å². The van der Waals surface area contributed by atoms with E-state index in [1.807, 2.05) is 36.4 Å². The first-order valence-electron chi connectivity index (χ1n) is 6.72. The molecule has 3 rings (SSSR count). The Morgan fingerprint density at radius 3 is 2.85 bits per heavy atom. The SMILES string of the molecule is NCc1ccc(N2CCOc3ccccc3C2)c(Cl)c1. The summed E-state index contributed by atoms with van der Waals surface area (Å²) < 4.78 is 5.78. The second kappa shape index (κ2) is 5.73. The predicted molar refractivity (Wildman–Crippen MR) is 82.3 cm³/mol. The van der Waals surface area contributed by atoms with Gasteiger partial charge in [-0.15, -0.1) is 0 Å². The van der Waals surface area contributed by atoms with Crippen LogP contribution in [0, 0.1) is 0 Å². The normalized spacial score (nSPS) is 14.4. The summed E-state index contributed by atoms with van der Waals surface area (Å²) in [5.74, 6) is 0.963. The van der Waals surface area contributed by atoms with Gasteiger partial charge in [-0.3, -0.25) is 0 Å². The Hall–Kier alpha value is -1.71. The molecule has 0 aliphatic carbocycles. The fourth-order valence-corrected chi connectivity index (χ4v) is 2.79. The molecular weight excluding hydrogens is 272 g/mol. The molecule has 1 aliphatic rings. The van der Waals surface area contributed by atoms with E-state index in [-0.39, 0.29) is 0 Å². The third kappa shape index (κ3) is 2.60. The molecule has 2 aromatic carbocycles. The molecule has 1 heterocycles. The summed E-state index contributed by atoms with van der Waals surface area (Å²) in [6.45, 7) is 2.78. The van der Waals surface area contributed by atoms with E-state index in [2.05, 4.69) is 11.0 Å². The van der Waals surface area contributed by atoms with Crippen LogP contribution in [0.2, 0.25) is 5.02 Å². The van der Waals surface area contributed by atoms with Gasteiger partial charge < -0.3 is 15.4 Å². The van der Waals surface area contributed by atoms with Crippen LogP contribution in [0.5, 0.6) is 5.75 Å². The Bertz CT molecular complexity index is 615. The Morgan fingerprint density at radius 1 is 1.20 bits per heavy atom. The molecule has 0 bridgehead atoms. The predicted octanol–water partition coefficient (Wildman–Crippen LogP) is 3.20. The monoisotopic (exact) mass is 288 g/mol. The second-order valence-corrected chi connectivity index (χ2v) is 5.27. The second-order valence-electron chi connectivity index (χ2n) is 4.87. The van der Waals surface area contributed by atoms with E-state index in [1.54, 1.807) is 0 Å². The first kappa shape index (κ1) is 13.3. The molecule has 1 aliphatic heterocycles. The number of nitrogens with zero attached hydrogens (tertiary/aromatic N) is 1. The van der Waals surface area contributed by atoms with Gasteiger partial charge in [0.05, 0.1) is 17.3 Å². The van der Waals surface area contributed by atoms with Crippen LogP contribution in [0.15, 0.2) is 42.5 Å². The Kier molecular flexibility index (Phi) is 3.81. The lowest BCUT2D eigenvalue weighted by molar-refractivity contribution is 0.331. The summed E-state index contributed by atoms with van der Waals surface area (Å²) in [5.41, 5.74) is 8.91. The molecule has 0 unspecified atom stereocenters. The van der Waals surface area contributed by atoms with Crippen molar-refractivity contribution in [2.75, 3.05) is 18.1 Å². The van der Waals surface area contributed by atoms with E-state index in [4.69, 9.17) is 22.1 Å². The first-order valence-corrected chi connectivity index (χ1v) is 7.10. The van der Waals surface area contributed by atoms with Crippen molar-refractivity contribution in [3.05, 3.63) is 58.6 Å². The third-order valence-corrected chi connectivity index (χ3v) is 3.84. The number of halogens is 1. The summed E-state index contributed by atoms with van der Waals surface area (Å²) in [4.78, 5) is 2.24. The molecule has 0 saturated heterocycles. The lowest BCUT2D eigenvalue weighted by Gasteiger charge is -2.23. The summed E-state index contributed by atoms with van der Waals surface area (Å²) >= 11 is 6.38. The topological polar surface area (TPSA) is 38.5 Å². The molecule has 2 N–H and O–H groups in total. The Labute approximate surface area is 123 Å². The summed E-state index contributed by atoms with van der Waals surface area (Å²) in [5, 5.41) is 0.743. The maximum atomic E-state index is 6.38. The minimum Gasteiger partial charge on any atom is -0.491 e. The van der Waals surface area contributed by atoms with Gasteiger partial charge in [-0.05, 0) is 23.8 Å². The summed E-state index contributed by atoms with van der Waals surface area (Å²) in [6.07, 6.45) is 0. The molecule has 0 aromatic heterocycles. The lowest BCUT2D eigenvalue weighted by atomic mass is 10.1. The van der Waals surface area contributed by atoms with Gasteiger partial charge in [-0.2, -0.15) is 0 Å². The molecule has 2 aromatic rings. The highest BCUT2D eigenvalue weighted by Crippen LogP contribution is 2.31. The molecule has 3 nitrogen and oxygen atoms in total. The van der Waals surface area contributed by atoms with Gasteiger partial charge in [0.25, 0.3) is 0 Å². The van der Waals surface area contributed by atoms with Gasteiger partial charge in [0, 0.05) is 18.7 Å². The fraction of sp³-hybridized carbons (Fsp3) is 0.250. The molecule has 0 atom stereocenters. The zero-order valence-electron chi connectivity index (χ0n) is 11.2. The number of ether oxygens (including phenoxy) is 1. The molecule has 0 fully saturated rings. The average Bonchev–Trinajstić information content (AvgIpc) is 2.69. The van der Waals surface area contributed by atoms with Crippen molar-refractivity contribution in [3.63, 3.8) is 0 Å².